The quantitative estimate of drug-likeness (QED) is 0.923. The topological polar surface area (TPSA) is 59.2 Å². The second kappa shape index (κ2) is 6.73. The molecule has 0 radical (unpaired) electrons. The Morgan fingerprint density at radius 1 is 1.38 bits per heavy atom. The number of nitrogens with zero attached hydrogens (tertiary/aromatic N) is 2. The Bertz CT molecular complexity index is 625. The molecule has 0 atom stereocenters. The molecule has 0 aliphatic carbocycles. The largest absolute Gasteiger partial charge is 0.333 e. The van der Waals surface area contributed by atoms with Gasteiger partial charge in [-0.05, 0) is 19.1 Å². The highest BCUT2D eigenvalue weighted by Gasteiger charge is 2.20. The third-order valence-corrected chi connectivity index (χ3v) is 3.90. The molecule has 7 heteroatoms. The van der Waals surface area contributed by atoms with E-state index >= 15 is 0 Å². The molecule has 0 aliphatic heterocycles. The van der Waals surface area contributed by atoms with Crippen LogP contribution >= 0.6 is 11.3 Å². The van der Waals surface area contributed by atoms with Crippen LogP contribution in [0.5, 0.6) is 0 Å². The zero-order chi connectivity index (χ0) is 15.4. The highest BCUT2D eigenvalue weighted by molar-refractivity contribution is 7.09. The minimum Gasteiger partial charge on any atom is -0.333 e. The smallest absolute Gasteiger partial charge is 0.273 e. The maximum absolute atomic E-state index is 13.7. The first kappa shape index (κ1) is 15.5. The number of aromatic nitrogens is 1. The summed E-state index contributed by atoms with van der Waals surface area (Å²) in [4.78, 5) is 17.8. The van der Waals surface area contributed by atoms with Gasteiger partial charge in [-0.3, -0.25) is 4.79 Å². The number of halogens is 2. The van der Waals surface area contributed by atoms with E-state index in [4.69, 9.17) is 5.73 Å². The van der Waals surface area contributed by atoms with E-state index in [1.807, 2.05) is 0 Å². The number of thiazole rings is 1. The number of nitrogens with two attached hydrogens (primary N) is 1. The van der Waals surface area contributed by atoms with Crippen molar-refractivity contribution in [2.45, 2.75) is 20.0 Å². The Balaban J connectivity index is 2.21. The van der Waals surface area contributed by atoms with Gasteiger partial charge in [0.25, 0.3) is 5.91 Å². The molecule has 0 saturated carbocycles. The number of benzene rings is 1. The Kier molecular flexibility index (Phi) is 4.98. The standard InChI is InChI=1S/C14H15F2N3OS/c1-2-19(7-9-10(15)4-3-5-11(9)16)14(20)12-8-21-13(6-17)18-12/h3-5,8H,2,6-7,17H2,1H3. The zero-order valence-electron chi connectivity index (χ0n) is 11.5. The summed E-state index contributed by atoms with van der Waals surface area (Å²) in [5.41, 5.74) is 5.58. The third kappa shape index (κ3) is 3.43. The molecule has 21 heavy (non-hydrogen) atoms. The van der Waals surface area contributed by atoms with Crippen LogP contribution in [0.4, 0.5) is 8.78 Å². The molecule has 0 bridgehead atoms. The van der Waals surface area contributed by atoms with Crippen molar-refractivity contribution in [1.82, 2.24) is 9.88 Å². The Hall–Kier alpha value is -1.86. The lowest BCUT2D eigenvalue weighted by Crippen LogP contribution is -2.31. The maximum atomic E-state index is 13.7. The van der Waals surface area contributed by atoms with Gasteiger partial charge in [0, 0.05) is 24.0 Å². The highest BCUT2D eigenvalue weighted by Crippen LogP contribution is 2.17. The Morgan fingerprint density at radius 3 is 2.57 bits per heavy atom. The number of carbonyl (C=O) groups excluding carboxylic acids is 1. The van der Waals surface area contributed by atoms with Crippen LogP contribution in [-0.2, 0) is 13.1 Å². The average Bonchev–Trinajstić information content (AvgIpc) is 2.95. The van der Waals surface area contributed by atoms with Gasteiger partial charge >= 0.3 is 0 Å². The zero-order valence-corrected chi connectivity index (χ0v) is 12.3. The molecular formula is C14H15F2N3OS. The number of amides is 1. The van der Waals surface area contributed by atoms with Crippen molar-refractivity contribution < 1.29 is 13.6 Å². The van der Waals surface area contributed by atoms with E-state index in [2.05, 4.69) is 4.98 Å². The third-order valence-electron chi connectivity index (χ3n) is 3.03. The molecule has 2 rings (SSSR count). The predicted octanol–water partition coefficient (Wildman–Crippen LogP) is 2.54. The number of rotatable bonds is 5. The summed E-state index contributed by atoms with van der Waals surface area (Å²) < 4.78 is 27.3. The predicted molar refractivity (Wildman–Crippen MR) is 76.8 cm³/mol. The van der Waals surface area contributed by atoms with Crippen molar-refractivity contribution in [2.24, 2.45) is 5.73 Å². The maximum Gasteiger partial charge on any atom is 0.273 e. The van der Waals surface area contributed by atoms with Gasteiger partial charge in [-0.2, -0.15) is 0 Å². The Morgan fingerprint density at radius 2 is 2.05 bits per heavy atom. The van der Waals surface area contributed by atoms with E-state index in [9.17, 15) is 13.6 Å². The van der Waals surface area contributed by atoms with Crippen molar-refractivity contribution in [3.05, 3.63) is 51.5 Å². The van der Waals surface area contributed by atoms with Crippen LogP contribution in [0.15, 0.2) is 23.6 Å². The first-order valence-electron chi connectivity index (χ1n) is 6.43. The van der Waals surface area contributed by atoms with E-state index in [1.165, 1.54) is 34.4 Å². The van der Waals surface area contributed by atoms with Crippen LogP contribution < -0.4 is 5.73 Å². The van der Waals surface area contributed by atoms with E-state index < -0.39 is 11.6 Å². The van der Waals surface area contributed by atoms with Crippen molar-refractivity contribution in [3.8, 4) is 0 Å². The lowest BCUT2D eigenvalue weighted by Gasteiger charge is -2.20. The van der Waals surface area contributed by atoms with Crippen molar-refractivity contribution in [2.75, 3.05) is 6.54 Å². The molecular weight excluding hydrogens is 296 g/mol. The van der Waals surface area contributed by atoms with Gasteiger partial charge in [0.05, 0.1) is 6.54 Å². The lowest BCUT2D eigenvalue weighted by molar-refractivity contribution is 0.0744. The molecule has 2 aromatic rings. The summed E-state index contributed by atoms with van der Waals surface area (Å²) in [5, 5.41) is 2.25. The van der Waals surface area contributed by atoms with Gasteiger partial charge in [0.15, 0.2) is 0 Å². The first-order chi connectivity index (χ1) is 10.1. The lowest BCUT2D eigenvalue weighted by atomic mass is 10.2. The van der Waals surface area contributed by atoms with Gasteiger partial charge < -0.3 is 10.6 Å². The molecule has 1 aromatic carbocycles. The summed E-state index contributed by atoms with van der Waals surface area (Å²) in [6.45, 7) is 2.18. The minimum atomic E-state index is -0.665. The van der Waals surface area contributed by atoms with E-state index in [0.717, 1.165) is 0 Å². The van der Waals surface area contributed by atoms with Gasteiger partial charge in [0.2, 0.25) is 0 Å². The molecule has 0 aliphatic rings. The SMILES string of the molecule is CCN(Cc1c(F)cccc1F)C(=O)c1csc(CN)n1. The highest BCUT2D eigenvalue weighted by atomic mass is 32.1. The summed E-state index contributed by atoms with van der Waals surface area (Å²) >= 11 is 1.29. The van der Waals surface area contributed by atoms with Crippen LogP contribution in [0.25, 0.3) is 0 Å². The van der Waals surface area contributed by atoms with Gasteiger partial charge in [-0.25, -0.2) is 13.8 Å². The van der Waals surface area contributed by atoms with Crippen LogP contribution in [0.2, 0.25) is 0 Å². The summed E-state index contributed by atoms with van der Waals surface area (Å²) in [6, 6.07) is 3.64. The molecule has 1 heterocycles. The fourth-order valence-corrected chi connectivity index (χ4v) is 2.51. The van der Waals surface area contributed by atoms with Crippen LogP contribution in [-0.4, -0.2) is 22.3 Å². The van der Waals surface area contributed by atoms with E-state index in [0.29, 0.717) is 11.6 Å². The fourth-order valence-electron chi connectivity index (χ4n) is 1.87. The van der Waals surface area contributed by atoms with E-state index in [-0.39, 0.29) is 30.3 Å². The van der Waals surface area contributed by atoms with Gasteiger partial charge in [-0.1, -0.05) is 6.07 Å². The fraction of sp³-hybridized carbons (Fsp3) is 0.286. The average molecular weight is 311 g/mol. The monoisotopic (exact) mass is 311 g/mol. The van der Waals surface area contributed by atoms with Gasteiger partial charge in [0.1, 0.15) is 22.3 Å². The second-order valence-corrected chi connectivity index (χ2v) is 5.29. The molecule has 0 unspecified atom stereocenters. The van der Waals surface area contributed by atoms with E-state index in [1.54, 1.807) is 12.3 Å². The molecule has 0 saturated heterocycles. The van der Waals surface area contributed by atoms with Crippen molar-refractivity contribution in [3.63, 3.8) is 0 Å². The van der Waals surface area contributed by atoms with Gasteiger partial charge in [-0.15, -0.1) is 11.3 Å². The number of hydrogen-bond acceptors (Lipinski definition) is 4. The van der Waals surface area contributed by atoms with Crippen LogP contribution in [0.1, 0.15) is 28.0 Å². The molecule has 0 fully saturated rings. The van der Waals surface area contributed by atoms with Crippen molar-refractivity contribution >= 4 is 17.2 Å². The normalized spacial score (nSPS) is 10.7. The van der Waals surface area contributed by atoms with Crippen molar-refractivity contribution in [1.29, 1.82) is 0 Å². The number of carbonyl (C=O) groups is 1. The second-order valence-electron chi connectivity index (χ2n) is 4.35. The van der Waals surface area contributed by atoms with Crippen LogP contribution in [0, 0.1) is 11.6 Å². The molecule has 4 nitrogen and oxygen atoms in total. The number of hydrogen-bond donors (Lipinski definition) is 1. The molecule has 0 spiro atoms. The van der Waals surface area contributed by atoms with Crippen LogP contribution in [0.3, 0.4) is 0 Å². The summed E-state index contributed by atoms with van der Waals surface area (Å²) in [5.74, 6) is -1.69. The molecule has 1 amide bonds. The minimum absolute atomic E-state index is 0.123. The molecule has 1 aromatic heterocycles. The molecule has 2 N–H and O–H groups in total. The Labute approximate surface area is 125 Å². The summed E-state index contributed by atoms with van der Waals surface area (Å²) in [7, 11) is 0. The first-order valence-corrected chi connectivity index (χ1v) is 7.31. The summed E-state index contributed by atoms with van der Waals surface area (Å²) in [6.07, 6.45) is 0. The molecule has 112 valence electrons.